The average molecular weight is 395 g/mol. The van der Waals surface area contributed by atoms with Crippen LogP contribution in [0.1, 0.15) is 17.0 Å². The number of anilines is 1. The Morgan fingerprint density at radius 2 is 2.12 bits per heavy atom. The SMILES string of the molecule is Cc1cc(NC(=S)NCc2ccco2)nn1Cc1ccc(Cl)cc1Cl. The van der Waals surface area contributed by atoms with Gasteiger partial charge in [-0.25, -0.2) is 0 Å². The Kier molecular flexibility index (Phi) is 5.63. The molecule has 0 spiro atoms. The lowest BCUT2D eigenvalue weighted by atomic mass is 10.2. The highest BCUT2D eigenvalue weighted by atomic mass is 35.5. The normalized spacial score (nSPS) is 10.7. The van der Waals surface area contributed by atoms with Crippen LogP contribution in [0.15, 0.2) is 47.1 Å². The molecule has 0 aliphatic rings. The van der Waals surface area contributed by atoms with E-state index < -0.39 is 0 Å². The summed E-state index contributed by atoms with van der Waals surface area (Å²) in [7, 11) is 0. The minimum absolute atomic E-state index is 0.477. The van der Waals surface area contributed by atoms with Crippen LogP contribution in [0, 0.1) is 6.92 Å². The maximum atomic E-state index is 6.23. The summed E-state index contributed by atoms with van der Waals surface area (Å²) in [6, 6.07) is 11.1. The Balaban J connectivity index is 1.62. The number of hydrogen-bond donors (Lipinski definition) is 2. The van der Waals surface area contributed by atoms with Crippen LogP contribution in [0.25, 0.3) is 0 Å². The fourth-order valence-corrected chi connectivity index (χ4v) is 2.93. The molecule has 2 aromatic heterocycles. The Labute approximate surface area is 160 Å². The van der Waals surface area contributed by atoms with Gasteiger partial charge in [0.1, 0.15) is 5.76 Å². The van der Waals surface area contributed by atoms with Gasteiger partial charge in [0.25, 0.3) is 0 Å². The summed E-state index contributed by atoms with van der Waals surface area (Å²) in [5.74, 6) is 1.47. The molecule has 0 unspecified atom stereocenters. The Morgan fingerprint density at radius 1 is 1.28 bits per heavy atom. The van der Waals surface area contributed by atoms with E-state index in [0.29, 0.717) is 34.1 Å². The summed E-state index contributed by atoms with van der Waals surface area (Å²) in [6.07, 6.45) is 1.63. The monoisotopic (exact) mass is 394 g/mol. The van der Waals surface area contributed by atoms with Crippen LogP contribution in [-0.4, -0.2) is 14.9 Å². The number of halogens is 2. The molecule has 0 atom stereocenters. The first kappa shape index (κ1) is 17.8. The first-order chi connectivity index (χ1) is 12.0. The molecule has 130 valence electrons. The van der Waals surface area contributed by atoms with E-state index >= 15 is 0 Å². The zero-order chi connectivity index (χ0) is 17.8. The molecule has 2 heterocycles. The molecule has 0 radical (unpaired) electrons. The smallest absolute Gasteiger partial charge is 0.172 e. The fraction of sp³-hybridized carbons (Fsp3) is 0.176. The van der Waals surface area contributed by atoms with Crippen molar-refractivity contribution in [1.29, 1.82) is 0 Å². The summed E-state index contributed by atoms with van der Waals surface area (Å²) < 4.78 is 7.11. The maximum Gasteiger partial charge on any atom is 0.172 e. The van der Waals surface area contributed by atoms with Crippen molar-refractivity contribution >= 4 is 46.4 Å². The number of aryl methyl sites for hydroxylation is 1. The van der Waals surface area contributed by atoms with Gasteiger partial charge in [0.15, 0.2) is 10.9 Å². The molecule has 0 saturated carbocycles. The van der Waals surface area contributed by atoms with Gasteiger partial charge in [0, 0.05) is 21.8 Å². The van der Waals surface area contributed by atoms with Gasteiger partial charge in [-0.05, 0) is 49.0 Å². The van der Waals surface area contributed by atoms with E-state index in [2.05, 4.69) is 15.7 Å². The number of aromatic nitrogens is 2. The van der Waals surface area contributed by atoms with Crippen molar-refractivity contribution in [1.82, 2.24) is 15.1 Å². The van der Waals surface area contributed by atoms with E-state index in [1.54, 1.807) is 12.3 Å². The van der Waals surface area contributed by atoms with Crippen molar-refractivity contribution in [2.24, 2.45) is 0 Å². The molecule has 3 aromatic rings. The van der Waals surface area contributed by atoms with Gasteiger partial charge in [0.05, 0.1) is 19.4 Å². The Morgan fingerprint density at radius 3 is 2.84 bits per heavy atom. The van der Waals surface area contributed by atoms with Crippen LogP contribution in [0.2, 0.25) is 10.0 Å². The van der Waals surface area contributed by atoms with E-state index in [0.717, 1.165) is 17.0 Å². The molecule has 0 aliphatic heterocycles. The molecule has 25 heavy (non-hydrogen) atoms. The van der Waals surface area contributed by atoms with Crippen molar-refractivity contribution in [2.75, 3.05) is 5.32 Å². The number of nitrogens with one attached hydrogen (secondary N) is 2. The van der Waals surface area contributed by atoms with Crippen LogP contribution < -0.4 is 10.6 Å². The highest BCUT2D eigenvalue weighted by Crippen LogP contribution is 2.22. The maximum absolute atomic E-state index is 6.23. The molecule has 0 aliphatic carbocycles. The number of benzene rings is 1. The van der Waals surface area contributed by atoms with Crippen molar-refractivity contribution in [3.63, 3.8) is 0 Å². The molecule has 2 N–H and O–H groups in total. The lowest BCUT2D eigenvalue weighted by Gasteiger charge is -2.08. The van der Waals surface area contributed by atoms with E-state index in [-0.39, 0.29) is 0 Å². The molecule has 1 aromatic carbocycles. The van der Waals surface area contributed by atoms with E-state index in [1.807, 2.05) is 41.9 Å². The lowest BCUT2D eigenvalue weighted by molar-refractivity contribution is 0.503. The molecule has 0 fully saturated rings. The number of furan rings is 1. The van der Waals surface area contributed by atoms with Crippen molar-refractivity contribution in [2.45, 2.75) is 20.0 Å². The predicted molar refractivity (Wildman–Crippen MR) is 104 cm³/mol. The van der Waals surface area contributed by atoms with Crippen molar-refractivity contribution in [3.8, 4) is 0 Å². The van der Waals surface area contributed by atoms with Crippen molar-refractivity contribution < 1.29 is 4.42 Å². The highest BCUT2D eigenvalue weighted by molar-refractivity contribution is 7.80. The molecule has 0 amide bonds. The van der Waals surface area contributed by atoms with Crippen LogP contribution in [-0.2, 0) is 13.1 Å². The Bertz CT molecular complexity index is 877. The molecular weight excluding hydrogens is 379 g/mol. The van der Waals surface area contributed by atoms with Gasteiger partial charge in [-0.3, -0.25) is 4.68 Å². The number of rotatable bonds is 5. The van der Waals surface area contributed by atoms with Crippen LogP contribution in [0.5, 0.6) is 0 Å². The minimum Gasteiger partial charge on any atom is -0.467 e. The summed E-state index contributed by atoms with van der Waals surface area (Å²) in [6.45, 7) is 3.04. The van der Waals surface area contributed by atoms with Gasteiger partial charge in [0.2, 0.25) is 0 Å². The molecule has 0 bridgehead atoms. The topological polar surface area (TPSA) is 55.0 Å². The Hall–Kier alpha value is -2.02. The van der Waals surface area contributed by atoms with Crippen LogP contribution >= 0.6 is 35.4 Å². The largest absolute Gasteiger partial charge is 0.467 e. The minimum atomic E-state index is 0.477. The third-order valence-electron chi connectivity index (χ3n) is 3.56. The first-order valence-corrected chi connectivity index (χ1v) is 8.73. The second kappa shape index (κ2) is 7.91. The number of nitrogens with zero attached hydrogens (tertiary/aromatic N) is 2. The summed E-state index contributed by atoms with van der Waals surface area (Å²) in [4.78, 5) is 0. The zero-order valence-electron chi connectivity index (χ0n) is 13.4. The van der Waals surface area contributed by atoms with E-state index in [1.165, 1.54) is 0 Å². The second-order valence-electron chi connectivity index (χ2n) is 5.45. The van der Waals surface area contributed by atoms with Crippen LogP contribution in [0.3, 0.4) is 0 Å². The summed E-state index contributed by atoms with van der Waals surface area (Å²) in [5, 5.41) is 12.4. The lowest BCUT2D eigenvalue weighted by Crippen LogP contribution is -2.27. The number of thiocarbonyl (C=S) groups is 1. The molecule has 0 saturated heterocycles. The summed E-state index contributed by atoms with van der Waals surface area (Å²) in [5.41, 5.74) is 1.93. The fourth-order valence-electron chi connectivity index (χ4n) is 2.28. The molecule has 5 nitrogen and oxygen atoms in total. The van der Waals surface area contributed by atoms with Crippen LogP contribution in [0.4, 0.5) is 5.82 Å². The van der Waals surface area contributed by atoms with E-state index in [9.17, 15) is 0 Å². The van der Waals surface area contributed by atoms with Crippen molar-refractivity contribution in [3.05, 3.63) is 69.7 Å². The first-order valence-electron chi connectivity index (χ1n) is 7.57. The van der Waals surface area contributed by atoms with Gasteiger partial charge in [-0.1, -0.05) is 29.3 Å². The molecule has 8 heteroatoms. The quantitative estimate of drug-likeness (QED) is 0.617. The van der Waals surface area contributed by atoms with E-state index in [4.69, 9.17) is 39.8 Å². The van der Waals surface area contributed by atoms with Gasteiger partial charge in [-0.2, -0.15) is 5.10 Å². The average Bonchev–Trinajstić information content (AvgIpc) is 3.18. The standard InChI is InChI=1S/C17H16Cl2N4OS/c1-11-7-16(21-17(25)20-9-14-3-2-6-24-14)22-23(11)10-12-4-5-13(18)8-15(12)19/h2-8H,9-10H2,1H3,(H2,20,21,22,25). The molecular formula is C17H16Cl2N4OS. The second-order valence-corrected chi connectivity index (χ2v) is 6.70. The number of hydrogen-bond acceptors (Lipinski definition) is 3. The molecule has 3 rings (SSSR count). The van der Waals surface area contributed by atoms with Gasteiger partial charge in [-0.15, -0.1) is 0 Å². The summed E-state index contributed by atoms with van der Waals surface area (Å²) >= 11 is 17.4. The zero-order valence-corrected chi connectivity index (χ0v) is 15.8. The highest BCUT2D eigenvalue weighted by Gasteiger charge is 2.09. The van der Waals surface area contributed by atoms with Gasteiger partial charge >= 0.3 is 0 Å². The third kappa shape index (κ3) is 4.75. The predicted octanol–water partition coefficient (Wildman–Crippen LogP) is 4.63. The third-order valence-corrected chi connectivity index (χ3v) is 4.39. The van der Waals surface area contributed by atoms with Gasteiger partial charge < -0.3 is 15.1 Å².